The molecule has 5 nitrogen and oxygen atoms in total. The van der Waals surface area contributed by atoms with Crippen LogP contribution in [0.5, 0.6) is 0 Å². The van der Waals surface area contributed by atoms with Crippen LogP contribution in [0.1, 0.15) is 51.9 Å². The maximum atomic E-state index is 12.4. The second-order valence-electron chi connectivity index (χ2n) is 5.68. The Morgan fingerprint density at radius 1 is 1.45 bits per heavy atom. The number of rotatable bonds is 5. The molecule has 6 heteroatoms. The molecule has 0 unspecified atom stereocenters. The summed E-state index contributed by atoms with van der Waals surface area (Å²) in [7, 11) is 0. The predicted molar refractivity (Wildman–Crippen MR) is 84.9 cm³/mol. The zero-order valence-corrected chi connectivity index (χ0v) is 13.6. The number of nitrogens with zero attached hydrogens (tertiary/aromatic N) is 1. The molecule has 0 saturated heterocycles. The average molecular weight is 328 g/mol. The predicted octanol–water partition coefficient (Wildman–Crippen LogP) is 3.98. The summed E-state index contributed by atoms with van der Waals surface area (Å²) in [6.45, 7) is 2.05. The number of ether oxygens (including phenoxy) is 1. The Bertz CT molecular complexity index is 504. The SMILES string of the molecule is CC/C(=N\OC/C=C/Cl)C1=C(O)CC2(CCCCC2)OC1=O. The summed E-state index contributed by atoms with van der Waals surface area (Å²) < 4.78 is 5.68. The summed E-state index contributed by atoms with van der Waals surface area (Å²) in [6, 6.07) is 0. The third kappa shape index (κ3) is 3.83. The summed E-state index contributed by atoms with van der Waals surface area (Å²) in [6.07, 6.45) is 7.25. The smallest absolute Gasteiger partial charge is 0.344 e. The van der Waals surface area contributed by atoms with Crippen LogP contribution in [-0.4, -0.2) is 29.0 Å². The molecule has 1 fully saturated rings. The van der Waals surface area contributed by atoms with Crippen LogP contribution in [0.25, 0.3) is 0 Å². The molecule has 0 amide bonds. The van der Waals surface area contributed by atoms with Gasteiger partial charge < -0.3 is 14.7 Å². The Morgan fingerprint density at radius 2 is 2.18 bits per heavy atom. The molecular weight excluding hydrogens is 306 g/mol. The number of aliphatic hydroxyl groups is 1. The van der Waals surface area contributed by atoms with E-state index in [0.717, 1.165) is 32.1 Å². The van der Waals surface area contributed by atoms with Gasteiger partial charge in [0.15, 0.2) is 0 Å². The van der Waals surface area contributed by atoms with E-state index < -0.39 is 11.6 Å². The highest BCUT2D eigenvalue weighted by Crippen LogP contribution is 2.40. The van der Waals surface area contributed by atoms with Gasteiger partial charge in [-0.2, -0.15) is 0 Å². The van der Waals surface area contributed by atoms with Crippen LogP contribution in [0.2, 0.25) is 0 Å². The van der Waals surface area contributed by atoms with Crippen molar-refractivity contribution < 1.29 is 19.5 Å². The first-order valence-corrected chi connectivity index (χ1v) is 8.15. The molecule has 0 aromatic heterocycles. The van der Waals surface area contributed by atoms with Crippen LogP contribution in [0.15, 0.2) is 28.1 Å². The van der Waals surface area contributed by atoms with E-state index in [0.29, 0.717) is 18.6 Å². The second-order valence-corrected chi connectivity index (χ2v) is 5.93. The summed E-state index contributed by atoms with van der Waals surface area (Å²) in [4.78, 5) is 17.4. The maximum Gasteiger partial charge on any atom is 0.344 e. The van der Waals surface area contributed by atoms with E-state index >= 15 is 0 Å². The molecule has 1 aliphatic heterocycles. The highest BCUT2D eigenvalue weighted by atomic mass is 35.5. The fourth-order valence-corrected chi connectivity index (χ4v) is 3.11. The van der Waals surface area contributed by atoms with Gasteiger partial charge in [0.25, 0.3) is 0 Å². The number of aliphatic hydroxyl groups excluding tert-OH is 1. The van der Waals surface area contributed by atoms with Crippen LogP contribution >= 0.6 is 11.6 Å². The van der Waals surface area contributed by atoms with Gasteiger partial charge in [-0.25, -0.2) is 4.79 Å². The molecule has 22 heavy (non-hydrogen) atoms. The molecule has 0 aromatic carbocycles. The van der Waals surface area contributed by atoms with Gasteiger partial charge in [0, 0.05) is 12.0 Å². The Morgan fingerprint density at radius 3 is 2.77 bits per heavy atom. The minimum Gasteiger partial charge on any atom is -0.511 e. The number of hydrogen-bond acceptors (Lipinski definition) is 5. The second kappa shape index (κ2) is 7.68. The standard InChI is InChI=1S/C16H22ClNO4/c1-2-12(18-21-10-6-9-17)14-13(19)11-16(22-15(14)20)7-4-3-5-8-16/h6,9,19H,2-5,7-8,10-11H2,1H3/b9-6+,18-12+. The lowest BCUT2D eigenvalue weighted by Crippen LogP contribution is -2.43. The number of oxime groups is 1. The van der Waals surface area contributed by atoms with Gasteiger partial charge in [-0.1, -0.05) is 30.1 Å². The number of halogens is 1. The molecule has 2 rings (SSSR count). The van der Waals surface area contributed by atoms with Crippen molar-refractivity contribution in [2.45, 2.75) is 57.5 Å². The first-order valence-electron chi connectivity index (χ1n) is 7.72. The van der Waals surface area contributed by atoms with Crippen LogP contribution in [0, 0.1) is 0 Å². The molecule has 1 spiro atoms. The zero-order valence-electron chi connectivity index (χ0n) is 12.8. The lowest BCUT2D eigenvalue weighted by Gasteiger charge is -2.39. The number of esters is 1. The minimum absolute atomic E-state index is 0.0650. The van der Waals surface area contributed by atoms with Crippen molar-refractivity contribution in [3.63, 3.8) is 0 Å². The summed E-state index contributed by atoms with van der Waals surface area (Å²) in [5.74, 6) is -0.432. The van der Waals surface area contributed by atoms with Gasteiger partial charge >= 0.3 is 5.97 Å². The molecule has 0 radical (unpaired) electrons. The number of carbonyl (C=O) groups excluding carboxylic acids is 1. The fourth-order valence-electron chi connectivity index (χ4n) is 3.04. The molecule has 0 bridgehead atoms. The van der Waals surface area contributed by atoms with E-state index in [9.17, 15) is 9.90 Å². The topological polar surface area (TPSA) is 68.1 Å². The van der Waals surface area contributed by atoms with Crippen LogP contribution < -0.4 is 0 Å². The molecule has 122 valence electrons. The van der Waals surface area contributed by atoms with E-state index in [1.54, 1.807) is 6.08 Å². The molecule has 1 aliphatic carbocycles. The lowest BCUT2D eigenvalue weighted by molar-refractivity contribution is -0.161. The first-order chi connectivity index (χ1) is 10.6. The van der Waals surface area contributed by atoms with Gasteiger partial charge in [-0.15, -0.1) is 0 Å². The van der Waals surface area contributed by atoms with E-state index in [1.807, 2.05) is 6.92 Å². The average Bonchev–Trinajstić information content (AvgIpc) is 2.49. The normalized spacial score (nSPS) is 22.3. The van der Waals surface area contributed by atoms with Crippen molar-refractivity contribution in [3.05, 3.63) is 22.9 Å². The quantitative estimate of drug-likeness (QED) is 0.359. The van der Waals surface area contributed by atoms with Crippen molar-refractivity contribution in [1.29, 1.82) is 0 Å². The van der Waals surface area contributed by atoms with Gasteiger partial charge in [-0.05, 0) is 38.2 Å². The van der Waals surface area contributed by atoms with E-state index in [4.69, 9.17) is 21.2 Å². The molecular formula is C16H22ClNO4. The third-order valence-corrected chi connectivity index (χ3v) is 4.29. The third-order valence-electron chi connectivity index (χ3n) is 4.11. The van der Waals surface area contributed by atoms with E-state index in [1.165, 1.54) is 5.54 Å². The fraction of sp³-hybridized carbons (Fsp3) is 0.625. The maximum absolute atomic E-state index is 12.4. The van der Waals surface area contributed by atoms with E-state index in [-0.39, 0.29) is 17.9 Å². The van der Waals surface area contributed by atoms with Crippen molar-refractivity contribution in [2.24, 2.45) is 5.16 Å². The Hall–Kier alpha value is -1.49. The Labute approximate surface area is 135 Å². The molecule has 1 N–H and O–H groups in total. The summed E-state index contributed by atoms with van der Waals surface area (Å²) in [5, 5.41) is 14.3. The minimum atomic E-state index is -0.524. The van der Waals surface area contributed by atoms with Crippen LogP contribution in [-0.2, 0) is 14.4 Å². The van der Waals surface area contributed by atoms with Crippen molar-refractivity contribution in [2.75, 3.05) is 6.61 Å². The van der Waals surface area contributed by atoms with Crippen molar-refractivity contribution >= 4 is 23.3 Å². The van der Waals surface area contributed by atoms with Gasteiger partial charge in [0.05, 0.1) is 5.71 Å². The first kappa shape index (κ1) is 16.9. The largest absolute Gasteiger partial charge is 0.511 e. The summed E-state index contributed by atoms with van der Waals surface area (Å²) >= 11 is 5.40. The monoisotopic (exact) mass is 327 g/mol. The summed E-state index contributed by atoms with van der Waals surface area (Å²) in [5.41, 5.74) is 1.36. The molecule has 0 atom stereocenters. The Balaban J connectivity index is 2.17. The zero-order chi connectivity index (χ0) is 16.0. The number of carbonyl (C=O) groups is 1. The Kier molecular flexibility index (Phi) is 5.89. The molecule has 1 heterocycles. The van der Waals surface area contributed by atoms with Gasteiger partial charge in [-0.3, -0.25) is 0 Å². The van der Waals surface area contributed by atoms with E-state index in [2.05, 4.69) is 5.16 Å². The lowest BCUT2D eigenvalue weighted by atomic mass is 9.79. The highest BCUT2D eigenvalue weighted by molar-refractivity contribution is 6.25. The molecule has 1 saturated carbocycles. The van der Waals surface area contributed by atoms with Gasteiger partial charge in [0.1, 0.15) is 23.5 Å². The van der Waals surface area contributed by atoms with Gasteiger partial charge in [0.2, 0.25) is 0 Å². The molecule has 0 aromatic rings. The highest BCUT2D eigenvalue weighted by Gasteiger charge is 2.43. The van der Waals surface area contributed by atoms with Crippen molar-refractivity contribution in [1.82, 2.24) is 0 Å². The molecule has 2 aliphatic rings. The van der Waals surface area contributed by atoms with Crippen LogP contribution in [0.4, 0.5) is 0 Å². The van der Waals surface area contributed by atoms with Crippen molar-refractivity contribution in [3.8, 4) is 0 Å². The number of hydrogen-bond donors (Lipinski definition) is 1. The van der Waals surface area contributed by atoms with Crippen LogP contribution in [0.3, 0.4) is 0 Å².